The van der Waals surface area contributed by atoms with Crippen molar-refractivity contribution < 1.29 is 18.0 Å². The molecule has 1 aliphatic heterocycles. The minimum absolute atomic E-state index is 0.0118. The molecule has 0 saturated carbocycles. The number of hydrogen-bond acceptors (Lipinski definition) is 3. The molecule has 1 aliphatic rings. The molecule has 0 aromatic heterocycles. The summed E-state index contributed by atoms with van der Waals surface area (Å²) < 4.78 is 40.0. The third kappa shape index (κ3) is 4.59. The van der Waals surface area contributed by atoms with Crippen LogP contribution in [0.15, 0.2) is 48.5 Å². The van der Waals surface area contributed by atoms with E-state index < -0.39 is 35.8 Å². The Labute approximate surface area is 155 Å². The quantitative estimate of drug-likeness (QED) is 0.873. The average molecular weight is 373 g/mol. The van der Waals surface area contributed by atoms with Gasteiger partial charge in [-0.05, 0) is 42.0 Å². The maximum Gasteiger partial charge on any atom is 0.246 e. The molecule has 2 aromatic rings. The number of nitriles is 1. The summed E-state index contributed by atoms with van der Waals surface area (Å²) >= 11 is 0. The molecule has 3 rings (SSSR count). The highest BCUT2D eigenvalue weighted by Gasteiger charge is 2.38. The van der Waals surface area contributed by atoms with Crippen molar-refractivity contribution in [1.29, 1.82) is 5.26 Å². The number of benzene rings is 2. The molecule has 2 unspecified atom stereocenters. The Morgan fingerprint density at radius 1 is 1.15 bits per heavy atom. The van der Waals surface area contributed by atoms with Gasteiger partial charge in [-0.25, -0.2) is 13.2 Å². The largest absolute Gasteiger partial charge is 0.373 e. The minimum Gasteiger partial charge on any atom is -0.373 e. The van der Waals surface area contributed by atoms with Gasteiger partial charge in [-0.1, -0.05) is 12.1 Å². The van der Waals surface area contributed by atoms with E-state index in [-0.39, 0.29) is 19.4 Å². The molecule has 0 aliphatic carbocycles. The van der Waals surface area contributed by atoms with Gasteiger partial charge in [0.05, 0.1) is 12.6 Å². The Morgan fingerprint density at radius 3 is 2.33 bits per heavy atom. The molecule has 7 heteroatoms. The van der Waals surface area contributed by atoms with E-state index in [0.29, 0.717) is 11.3 Å². The first-order chi connectivity index (χ1) is 13.0. The van der Waals surface area contributed by atoms with Crippen molar-refractivity contribution in [2.75, 3.05) is 11.9 Å². The van der Waals surface area contributed by atoms with E-state index in [0.717, 1.165) is 0 Å². The van der Waals surface area contributed by atoms with Gasteiger partial charge in [-0.15, -0.1) is 0 Å². The van der Waals surface area contributed by atoms with Crippen LogP contribution in [-0.4, -0.2) is 35.6 Å². The molecule has 3 atom stereocenters. The standard InChI is InChI=1S/C20H18F3N3O/c21-14-3-1-13(2-4-14)9-19(25-17-7-5-15(22)6-8-17)20(27)26-12-16(23)10-18(26)11-24/h1-8,16,18-19,25H,9-10,12H2/t16?,18?,19-/m0/s1. The monoisotopic (exact) mass is 373 g/mol. The molecule has 0 spiro atoms. The number of alkyl halides is 1. The summed E-state index contributed by atoms with van der Waals surface area (Å²) in [7, 11) is 0. The van der Waals surface area contributed by atoms with Crippen LogP contribution in [-0.2, 0) is 11.2 Å². The zero-order valence-corrected chi connectivity index (χ0v) is 14.4. The van der Waals surface area contributed by atoms with Crippen LogP contribution in [0.5, 0.6) is 0 Å². The van der Waals surface area contributed by atoms with E-state index in [1.54, 1.807) is 12.1 Å². The second-order valence-corrected chi connectivity index (χ2v) is 6.50. The van der Waals surface area contributed by atoms with Gasteiger partial charge in [0.1, 0.15) is 29.9 Å². The smallest absolute Gasteiger partial charge is 0.246 e. The van der Waals surface area contributed by atoms with Gasteiger partial charge in [0.15, 0.2) is 0 Å². The highest BCUT2D eigenvalue weighted by Crippen LogP contribution is 2.23. The summed E-state index contributed by atoms with van der Waals surface area (Å²) in [6.07, 6.45) is -1.04. The van der Waals surface area contributed by atoms with E-state index in [9.17, 15) is 23.2 Å². The van der Waals surface area contributed by atoms with E-state index in [1.807, 2.05) is 6.07 Å². The maximum atomic E-state index is 13.7. The highest BCUT2D eigenvalue weighted by molar-refractivity contribution is 5.86. The Hall–Kier alpha value is -3.01. The number of carbonyl (C=O) groups is 1. The topological polar surface area (TPSA) is 56.1 Å². The van der Waals surface area contributed by atoms with Crippen LogP contribution in [0.1, 0.15) is 12.0 Å². The van der Waals surface area contributed by atoms with Gasteiger partial charge in [-0.3, -0.25) is 4.79 Å². The van der Waals surface area contributed by atoms with Crippen LogP contribution >= 0.6 is 0 Å². The Morgan fingerprint density at radius 2 is 1.74 bits per heavy atom. The molecule has 1 saturated heterocycles. The van der Waals surface area contributed by atoms with Crippen molar-refractivity contribution in [1.82, 2.24) is 4.90 Å². The number of nitrogens with one attached hydrogen (secondary N) is 1. The van der Waals surface area contributed by atoms with Crippen LogP contribution in [0.4, 0.5) is 18.9 Å². The molecule has 1 amide bonds. The maximum absolute atomic E-state index is 13.7. The number of anilines is 1. The molecular weight excluding hydrogens is 355 g/mol. The molecule has 2 aromatic carbocycles. The van der Waals surface area contributed by atoms with Crippen molar-refractivity contribution in [2.24, 2.45) is 0 Å². The van der Waals surface area contributed by atoms with E-state index in [4.69, 9.17) is 0 Å². The first-order valence-corrected chi connectivity index (χ1v) is 8.57. The van der Waals surface area contributed by atoms with Crippen LogP contribution in [0.25, 0.3) is 0 Å². The Bertz CT molecular complexity index is 786. The summed E-state index contributed by atoms with van der Waals surface area (Å²) in [5.74, 6) is -1.22. The number of hydrogen-bond donors (Lipinski definition) is 1. The number of nitrogens with zero attached hydrogens (tertiary/aromatic N) is 2. The fourth-order valence-electron chi connectivity index (χ4n) is 3.15. The van der Waals surface area contributed by atoms with Gasteiger partial charge in [0.25, 0.3) is 0 Å². The Balaban J connectivity index is 1.83. The van der Waals surface area contributed by atoms with Crippen LogP contribution in [0, 0.1) is 23.0 Å². The number of likely N-dealkylation sites (tertiary alicyclic amines) is 1. The minimum atomic E-state index is -1.24. The second kappa shape index (κ2) is 8.12. The van der Waals surface area contributed by atoms with E-state index >= 15 is 0 Å². The molecule has 140 valence electrons. The lowest BCUT2D eigenvalue weighted by Gasteiger charge is -2.27. The summed E-state index contributed by atoms with van der Waals surface area (Å²) in [6, 6.07) is 11.5. The van der Waals surface area contributed by atoms with Crippen LogP contribution in [0.3, 0.4) is 0 Å². The molecule has 1 heterocycles. The zero-order valence-electron chi connectivity index (χ0n) is 14.4. The summed E-state index contributed by atoms with van der Waals surface area (Å²) in [4.78, 5) is 14.2. The lowest BCUT2D eigenvalue weighted by molar-refractivity contribution is -0.132. The van der Waals surface area contributed by atoms with Crippen molar-refractivity contribution >= 4 is 11.6 Å². The van der Waals surface area contributed by atoms with Crippen molar-refractivity contribution in [3.05, 3.63) is 65.7 Å². The number of carbonyl (C=O) groups excluding carboxylic acids is 1. The van der Waals surface area contributed by atoms with E-state index in [2.05, 4.69) is 5.32 Å². The van der Waals surface area contributed by atoms with Crippen LogP contribution in [0.2, 0.25) is 0 Å². The molecule has 0 bridgehead atoms. The molecule has 1 fully saturated rings. The zero-order chi connectivity index (χ0) is 19.4. The van der Waals surface area contributed by atoms with Crippen LogP contribution < -0.4 is 5.32 Å². The van der Waals surface area contributed by atoms with Gasteiger partial charge >= 0.3 is 0 Å². The number of rotatable bonds is 5. The fourth-order valence-corrected chi connectivity index (χ4v) is 3.15. The molecular formula is C20H18F3N3O. The van der Waals surface area contributed by atoms with Crippen molar-refractivity contribution in [3.63, 3.8) is 0 Å². The molecule has 1 N–H and O–H groups in total. The van der Waals surface area contributed by atoms with Gasteiger partial charge in [-0.2, -0.15) is 5.26 Å². The fraction of sp³-hybridized carbons (Fsp3) is 0.300. The third-order valence-corrected chi connectivity index (χ3v) is 4.52. The lowest BCUT2D eigenvalue weighted by atomic mass is 10.0. The summed E-state index contributed by atoms with van der Waals surface area (Å²) in [6.45, 7) is -0.137. The Kier molecular flexibility index (Phi) is 5.65. The third-order valence-electron chi connectivity index (χ3n) is 4.52. The van der Waals surface area contributed by atoms with Gasteiger partial charge in [0.2, 0.25) is 5.91 Å². The highest BCUT2D eigenvalue weighted by atomic mass is 19.1. The van der Waals surface area contributed by atoms with Gasteiger partial charge in [0, 0.05) is 18.5 Å². The second-order valence-electron chi connectivity index (χ2n) is 6.50. The molecule has 4 nitrogen and oxygen atoms in total. The van der Waals surface area contributed by atoms with E-state index in [1.165, 1.54) is 41.3 Å². The first-order valence-electron chi connectivity index (χ1n) is 8.57. The normalized spacial score (nSPS) is 20.1. The number of halogens is 3. The predicted molar refractivity (Wildman–Crippen MR) is 94.5 cm³/mol. The first kappa shape index (κ1) is 18.8. The lowest BCUT2D eigenvalue weighted by Crippen LogP contribution is -2.46. The summed E-state index contributed by atoms with van der Waals surface area (Å²) in [5.41, 5.74) is 1.22. The summed E-state index contributed by atoms with van der Waals surface area (Å²) in [5, 5.41) is 12.2. The SMILES string of the molecule is N#CC1CC(F)CN1C(=O)[C@H](Cc1ccc(F)cc1)Nc1ccc(F)cc1. The predicted octanol–water partition coefficient (Wildman–Crippen LogP) is 3.45. The molecule has 0 radical (unpaired) electrons. The number of amides is 1. The van der Waals surface area contributed by atoms with Crippen molar-refractivity contribution in [2.45, 2.75) is 31.1 Å². The average Bonchev–Trinajstić information content (AvgIpc) is 3.05. The molecule has 27 heavy (non-hydrogen) atoms. The van der Waals surface area contributed by atoms with Crippen molar-refractivity contribution in [3.8, 4) is 6.07 Å². The van der Waals surface area contributed by atoms with Gasteiger partial charge < -0.3 is 10.2 Å².